The van der Waals surface area contributed by atoms with E-state index in [4.69, 9.17) is 4.74 Å². The number of nitrogens with zero attached hydrogens (tertiary/aromatic N) is 2. The Morgan fingerprint density at radius 1 is 1.22 bits per heavy atom. The molecule has 1 saturated carbocycles. The standard InChI is InChI=1S/C13H22N2O3/c1-13(2,3)18-12(17)15-9-6-8(9)7-10(15)11(16)14(4)5/h8-10H,6-7H2,1-5H3/t8-,9-,10-/m0/s1. The minimum atomic E-state index is -0.518. The van der Waals surface area contributed by atoms with Gasteiger partial charge in [-0.05, 0) is 39.5 Å². The van der Waals surface area contributed by atoms with Crippen molar-refractivity contribution in [3.63, 3.8) is 0 Å². The third-order valence-corrected chi connectivity index (χ3v) is 3.43. The summed E-state index contributed by atoms with van der Waals surface area (Å²) in [6.07, 6.45) is 1.44. The summed E-state index contributed by atoms with van der Waals surface area (Å²) in [6.45, 7) is 5.52. The number of likely N-dealkylation sites (tertiary alicyclic amines) is 1. The van der Waals surface area contributed by atoms with Gasteiger partial charge in [-0.3, -0.25) is 9.69 Å². The van der Waals surface area contributed by atoms with Crippen LogP contribution in [0.5, 0.6) is 0 Å². The lowest BCUT2D eigenvalue weighted by Crippen LogP contribution is -2.49. The molecule has 5 heteroatoms. The fourth-order valence-corrected chi connectivity index (χ4v) is 2.55. The third-order valence-electron chi connectivity index (χ3n) is 3.43. The molecule has 102 valence electrons. The Morgan fingerprint density at radius 3 is 2.33 bits per heavy atom. The zero-order valence-corrected chi connectivity index (χ0v) is 11.8. The van der Waals surface area contributed by atoms with Gasteiger partial charge in [-0.2, -0.15) is 0 Å². The zero-order valence-electron chi connectivity index (χ0n) is 11.8. The summed E-state index contributed by atoms with van der Waals surface area (Å²) in [7, 11) is 3.44. The Bertz CT molecular complexity index is 373. The molecule has 0 unspecified atom stereocenters. The van der Waals surface area contributed by atoms with E-state index in [0.29, 0.717) is 5.92 Å². The summed E-state index contributed by atoms with van der Waals surface area (Å²) in [6, 6.07) is -0.118. The molecule has 0 spiro atoms. The highest BCUT2D eigenvalue weighted by atomic mass is 16.6. The van der Waals surface area contributed by atoms with Crippen LogP contribution in [-0.4, -0.2) is 53.6 Å². The van der Waals surface area contributed by atoms with E-state index in [9.17, 15) is 9.59 Å². The molecule has 1 aliphatic heterocycles. The first-order valence-electron chi connectivity index (χ1n) is 6.43. The van der Waals surface area contributed by atoms with E-state index in [2.05, 4.69) is 0 Å². The molecule has 0 aromatic rings. The molecule has 1 aliphatic carbocycles. The molecule has 0 bridgehead atoms. The van der Waals surface area contributed by atoms with Crippen LogP contribution in [0.15, 0.2) is 0 Å². The Hall–Kier alpha value is -1.26. The molecule has 3 atom stereocenters. The summed E-state index contributed by atoms with van der Waals surface area (Å²) >= 11 is 0. The molecule has 18 heavy (non-hydrogen) atoms. The Kier molecular flexibility index (Phi) is 3.03. The summed E-state index contributed by atoms with van der Waals surface area (Å²) in [5.74, 6) is 0.486. The molecule has 1 heterocycles. The lowest BCUT2D eigenvalue weighted by atomic mass is 10.1. The summed E-state index contributed by atoms with van der Waals surface area (Å²) < 4.78 is 5.40. The molecule has 2 amide bonds. The number of rotatable bonds is 1. The molecule has 0 aromatic carbocycles. The number of carbonyl (C=O) groups is 2. The van der Waals surface area contributed by atoms with E-state index < -0.39 is 5.60 Å². The maximum absolute atomic E-state index is 12.2. The molecule has 0 aromatic heterocycles. The van der Waals surface area contributed by atoms with Crippen LogP contribution < -0.4 is 0 Å². The van der Waals surface area contributed by atoms with Crippen LogP contribution in [0, 0.1) is 5.92 Å². The summed E-state index contributed by atoms with van der Waals surface area (Å²) in [5.41, 5.74) is -0.518. The van der Waals surface area contributed by atoms with Gasteiger partial charge in [0.15, 0.2) is 0 Å². The van der Waals surface area contributed by atoms with Gasteiger partial charge in [0.25, 0.3) is 0 Å². The van der Waals surface area contributed by atoms with Gasteiger partial charge in [-0.25, -0.2) is 4.79 Å². The highest BCUT2D eigenvalue weighted by molar-refractivity contribution is 5.86. The van der Waals surface area contributed by atoms with Crippen molar-refractivity contribution in [3.05, 3.63) is 0 Å². The molecule has 5 nitrogen and oxygen atoms in total. The number of hydrogen-bond acceptors (Lipinski definition) is 3. The normalized spacial score (nSPS) is 29.8. The zero-order chi connectivity index (χ0) is 13.7. The van der Waals surface area contributed by atoms with Crippen LogP contribution in [0.2, 0.25) is 0 Å². The van der Waals surface area contributed by atoms with E-state index in [1.54, 1.807) is 23.9 Å². The van der Waals surface area contributed by atoms with Gasteiger partial charge >= 0.3 is 6.09 Å². The Balaban J connectivity index is 2.09. The smallest absolute Gasteiger partial charge is 0.411 e. The van der Waals surface area contributed by atoms with Gasteiger partial charge in [0.2, 0.25) is 5.91 Å². The predicted molar refractivity (Wildman–Crippen MR) is 67.1 cm³/mol. The van der Waals surface area contributed by atoms with Crippen LogP contribution in [0.25, 0.3) is 0 Å². The van der Waals surface area contributed by atoms with Crippen molar-refractivity contribution in [1.82, 2.24) is 9.80 Å². The number of amides is 2. The van der Waals surface area contributed by atoms with Crippen LogP contribution in [-0.2, 0) is 9.53 Å². The molecule has 2 rings (SSSR count). The van der Waals surface area contributed by atoms with Gasteiger partial charge in [0.1, 0.15) is 11.6 Å². The molecule has 2 fully saturated rings. The Labute approximate surface area is 108 Å². The number of piperidine rings is 1. The molecular formula is C13H22N2O3. The highest BCUT2D eigenvalue weighted by Crippen LogP contribution is 2.48. The molecular weight excluding hydrogens is 232 g/mol. The van der Waals surface area contributed by atoms with E-state index >= 15 is 0 Å². The third kappa shape index (κ3) is 2.44. The van der Waals surface area contributed by atoms with Crippen molar-refractivity contribution < 1.29 is 14.3 Å². The number of fused-ring (bicyclic) bond motifs is 1. The second kappa shape index (κ2) is 4.14. The Morgan fingerprint density at radius 2 is 1.83 bits per heavy atom. The van der Waals surface area contributed by atoms with Gasteiger partial charge in [-0.1, -0.05) is 0 Å². The van der Waals surface area contributed by atoms with Crippen LogP contribution in [0.1, 0.15) is 33.6 Å². The van der Waals surface area contributed by atoms with Crippen molar-refractivity contribution >= 4 is 12.0 Å². The van der Waals surface area contributed by atoms with Crippen LogP contribution in [0.3, 0.4) is 0 Å². The van der Waals surface area contributed by atoms with Crippen molar-refractivity contribution in [2.75, 3.05) is 14.1 Å². The van der Waals surface area contributed by atoms with E-state index in [1.165, 1.54) is 0 Å². The van der Waals surface area contributed by atoms with Crippen molar-refractivity contribution in [2.45, 2.75) is 51.3 Å². The number of hydrogen-bond donors (Lipinski definition) is 0. The van der Waals surface area contributed by atoms with Gasteiger partial charge < -0.3 is 9.64 Å². The van der Waals surface area contributed by atoms with Crippen molar-refractivity contribution in [1.29, 1.82) is 0 Å². The first kappa shape index (κ1) is 13.2. The molecule has 2 aliphatic rings. The van der Waals surface area contributed by atoms with E-state index in [-0.39, 0.29) is 24.1 Å². The number of carbonyl (C=O) groups excluding carboxylic acids is 2. The maximum atomic E-state index is 12.2. The summed E-state index contributed by atoms with van der Waals surface area (Å²) in [5, 5.41) is 0. The predicted octanol–water partition coefficient (Wildman–Crippen LogP) is 1.47. The van der Waals surface area contributed by atoms with Gasteiger partial charge in [-0.15, -0.1) is 0 Å². The number of likely N-dealkylation sites (N-methyl/N-ethyl adjacent to an activating group) is 1. The van der Waals surface area contributed by atoms with Crippen LogP contribution in [0.4, 0.5) is 4.79 Å². The van der Waals surface area contributed by atoms with E-state index in [0.717, 1.165) is 12.8 Å². The fourth-order valence-electron chi connectivity index (χ4n) is 2.55. The molecule has 0 N–H and O–H groups in total. The second-order valence-corrected chi connectivity index (χ2v) is 6.43. The first-order valence-corrected chi connectivity index (χ1v) is 6.43. The monoisotopic (exact) mass is 254 g/mol. The van der Waals surface area contributed by atoms with Crippen molar-refractivity contribution in [2.24, 2.45) is 5.92 Å². The van der Waals surface area contributed by atoms with E-state index in [1.807, 2.05) is 20.8 Å². The second-order valence-electron chi connectivity index (χ2n) is 6.43. The van der Waals surface area contributed by atoms with Crippen LogP contribution >= 0.6 is 0 Å². The van der Waals surface area contributed by atoms with Gasteiger partial charge in [0.05, 0.1) is 0 Å². The van der Waals surface area contributed by atoms with Gasteiger partial charge in [0, 0.05) is 20.1 Å². The largest absolute Gasteiger partial charge is 0.444 e. The lowest BCUT2D eigenvalue weighted by Gasteiger charge is -2.31. The van der Waals surface area contributed by atoms with Crippen molar-refractivity contribution in [3.8, 4) is 0 Å². The summed E-state index contributed by atoms with van der Waals surface area (Å²) in [4.78, 5) is 27.4. The molecule has 1 saturated heterocycles. The lowest BCUT2D eigenvalue weighted by molar-refractivity contribution is -0.133. The topological polar surface area (TPSA) is 49.9 Å². The number of ether oxygens (including phenoxy) is 1. The average molecular weight is 254 g/mol. The first-order chi connectivity index (χ1) is 8.20. The SMILES string of the molecule is CN(C)C(=O)[C@@H]1C[C@@H]2C[C@@H]2N1C(=O)OC(C)(C)C. The minimum absolute atomic E-state index is 0.00643. The minimum Gasteiger partial charge on any atom is -0.444 e. The molecule has 0 radical (unpaired) electrons. The fraction of sp³-hybridized carbons (Fsp3) is 0.846. The highest BCUT2D eigenvalue weighted by Gasteiger charge is 2.57. The quantitative estimate of drug-likeness (QED) is 0.712. The maximum Gasteiger partial charge on any atom is 0.411 e. The average Bonchev–Trinajstić information content (AvgIpc) is 2.85.